The molecule has 1 N–H and O–H groups in total. The lowest BCUT2D eigenvalue weighted by Gasteiger charge is -2.50. The van der Waals surface area contributed by atoms with Crippen molar-refractivity contribution in [3.8, 4) is 0 Å². The number of benzene rings is 1. The molecular formula is C21H32N2O3. The average Bonchev–Trinajstić information content (AvgIpc) is 2.69. The molecule has 2 aliphatic rings. The third-order valence-electron chi connectivity index (χ3n) is 5.70. The summed E-state index contributed by atoms with van der Waals surface area (Å²) in [5.74, 6) is 0. The molecule has 0 aromatic heterocycles. The summed E-state index contributed by atoms with van der Waals surface area (Å²) in [6.07, 6.45) is 0.370. The Morgan fingerprint density at radius 2 is 1.77 bits per heavy atom. The summed E-state index contributed by atoms with van der Waals surface area (Å²) in [4.78, 5) is 16.7. The van der Waals surface area contributed by atoms with Gasteiger partial charge in [0.05, 0.1) is 11.6 Å². The first kappa shape index (κ1) is 19.2. The Bertz CT molecular complexity index is 664. The van der Waals surface area contributed by atoms with Crippen molar-refractivity contribution in [3.05, 3.63) is 35.9 Å². The van der Waals surface area contributed by atoms with Crippen LogP contribution in [0.5, 0.6) is 0 Å². The number of nitrogens with zero attached hydrogens (tertiary/aromatic N) is 2. The summed E-state index contributed by atoms with van der Waals surface area (Å²) in [5.41, 5.74) is -0.345. The minimum atomic E-state index is -0.826. The van der Waals surface area contributed by atoms with Gasteiger partial charge in [0, 0.05) is 24.7 Å². The molecule has 1 aromatic rings. The van der Waals surface area contributed by atoms with Crippen molar-refractivity contribution < 1.29 is 14.6 Å². The van der Waals surface area contributed by atoms with E-state index in [1.807, 2.05) is 45.9 Å². The zero-order chi connectivity index (χ0) is 19.3. The quantitative estimate of drug-likeness (QED) is 0.879. The number of amides is 1. The molecular weight excluding hydrogens is 328 g/mol. The zero-order valence-corrected chi connectivity index (χ0v) is 16.8. The lowest BCUT2D eigenvalue weighted by molar-refractivity contribution is -0.0592. The molecule has 0 spiro atoms. The zero-order valence-electron chi connectivity index (χ0n) is 16.8. The molecule has 2 fully saturated rings. The molecule has 1 aromatic carbocycles. The maximum Gasteiger partial charge on any atom is 0.410 e. The van der Waals surface area contributed by atoms with Gasteiger partial charge in [-0.05, 0) is 53.5 Å². The number of piperazine rings is 1. The summed E-state index contributed by atoms with van der Waals surface area (Å²) >= 11 is 0. The molecule has 2 heterocycles. The van der Waals surface area contributed by atoms with E-state index in [1.54, 1.807) is 4.90 Å². The molecule has 0 radical (unpaired) electrons. The Morgan fingerprint density at radius 3 is 2.31 bits per heavy atom. The highest BCUT2D eigenvalue weighted by atomic mass is 16.6. The minimum absolute atomic E-state index is 0.103. The van der Waals surface area contributed by atoms with Crippen LogP contribution in [0.15, 0.2) is 30.3 Å². The second kappa shape index (κ2) is 6.24. The number of carbonyl (C=O) groups is 1. The van der Waals surface area contributed by atoms with Crippen molar-refractivity contribution in [1.29, 1.82) is 0 Å². The second-order valence-electron chi connectivity index (χ2n) is 9.45. The maximum absolute atomic E-state index is 12.6. The van der Waals surface area contributed by atoms with E-state index in [0.717, 1.165) is 0 Å². The largest absolute Gasteiger partial charge is 0.444 e. The second-order valence-corrected chi connectivity index (χ2v) is 9.45. The fourth-order valence-electron chi connectivity index (χ4n) is 4.56. The molecule has 3 unspecified atom stereocenters. The summed E-state index contributed by atoms with van der Waals surface area (Å²) in [6.45, 7) is 13.0. The Balaban J connectivity index is 1.87. The highest BCUT2D eigenvalue weighted by molar-refractivity contribution is 5.68. The predicted octanol–water partition coefficient (Wildman–Crippen LogP) is 3.37. The van der Waals surface area contributed by atoms with Gasteiger partial charge in [-0.25, -0.2) is 4.79 Å². The molecule has 5 heteroatoms. The van der Waals surface area contributed by atoms with Gasteiger partial charge in [-0.1, -0.05) is 30.3 Å². The topological polar surface area (TPSA) is 53.0 Å². The van der Waals surface area contributed by atoms with Crippen LogP contribution in [0.2, 0.25) is 0 Å². The van der Waals surface area contributed by atoms with E-state index in [4.69, 9.17) is 4.74 Å². The van der Waals surface area contributed by atoms with E-state index in [2.05, 4.69) is 30.9 Å². The third kappa shape index (κ3) is 3.47. The summed E-state index contributed by atoms with van der Waals surface area (Å²) < 4.78 is 5.56. The van der Waals surface area contributed by atoms with Crippen LogP contribution in [0, 0.1) is 0 Å². The third-order valence-corrected chi connectivity index (χ3v) is 5.70. The van der Waals surface area contributed by atoms with Crippen LogP contribution in [-0.2, 0) is 10.3 Å². The molecule has 2 saturated heterocycles. The standard InChI is InChI=1S/C21H32N2O3/c1-19(2,3)26-18(24)22-13-16-12-21(6,25)17(14-22)23(16)20(4,5)15-10-8-7-9-11-15/h7-11,16-17,25H,12-14H2,1-6H3. The number of ether oxygens (including phenoxy) is 1. The van der Waals surface area contributed by atoms with Gasteiger partial charge in [-0.3, -0.25) is 4.90 Å². The Kier molecular flexibility index (Phi) is 4.60. The maximum atomic E-state index is 12.6. The number of likely N-dealkylation sites (tertiary alicyclic amines) is 1. The van der Waals surface area contributed by atoms with Crippen molar-refractivity contribution in [3.63, 3.8) is 0 Å². The fraction of sp³-hybridized carbons (Fsp3) is 0.667. The van der Waals surface area contributed by atoms with Crippen molar-refractivity contribution in [2.45, 2.75) is 76.8 Å². The number of hydrogen-bond acceptors (Lipinski definition) is 4. The van der Waals surface area contributed by atoms with Crippen molar-refractivity contribution in [2.24, 2.45) is 0 Å². The van der Waals surface area contributed by atoms with Crippen LogP contribution >= 0.6 is 0 Å². The monoisotopic (exact) mass is 360 g/mol. The Morgan fingerprint density at radius 1 is 1.15 bits per heavy atom. The van der Waals surface area contributed by atoms with E-state index >= 15 is 0 Å². The van der Waals surface area contributed by atoms with Crippen LogP contribution in [-0.4, -0.2) is 57.4 Å². The van der Waals surface area contributed by atoms with Crippen molar-refractivity contribution in [1.82, 2.24) is 9.80 Å². The molecule has 144 valence electrons. The van der Waals surface area contributed by atoms with Gasteiger partial charge in [-0.15, -0.1) is 0 Å². The normalized spacial score (nSPS) is 29.7. The summed E-state index contributed by atoms with van der Waals surface area (Å²) in [6, 6.07) is 10.4. The molecule has 3 atom stereocenters. The van der Waals surface area contributed by atoms with Crippen LogP contribution in [0.3, 0.4) is 0 Å². The van der Waals surface area contributed by atoms with E-state index in [1.165, 1.54) is 5.56 Å². The van der Waals surface area contributed by atoms with E-state index in [0.29, 0.717) is 19.5 Å². The number of hydrogen-bond donors (Lipinski definition) is 1. The van der Waals surface area contributed by atoms with Crippen LogP contribution in [0.1, 0.15) is 53.5 Å². The SMILES string of the molecule is CC(C)(C)OC(=O)N1CC2CC(C)(O)C(C1)N2C(C)(C)c1ccccc1. The molecule has 3 rings (SSSR count). The Hall–Kier alpha value is -1.59. The van der Waals surface area contributed by atoms with Gasteiger partial charge in [0.1, 0.15) is 5.60 Å². The lowest BCUT2D eigenvalue weighted by atomic mass is 9.88. The van der Waals surface area contributed by atoms with E-state index in [9.17, 15) is 9.90 Å². The number of rotatable bonds is 2. The van der Waals surface area contributed by atoms with Crippen molar-refractivity contribution in [2.75, 3.05) is 13.1 Å². The highest BCUT2D eigenvalue weighted by Crippen LogP contribution is 2.45. The van der Waals surface area contributed by atoms with Gasteiger partial charge in [0.2, 0.25) is 0 Å². The van der Waals surface area contributed by atoms with Crippen LogP contribution in [0.25, 0.3) is 0 Å². The van der Waals surface area contributed by atoms with Crippen molar-refractivity contribution >= 4 is 6.09 Å². The number of aliphatic hydroxyl groups is 1. The van der Waals surface area contributed by atoms with E-state index in [-0.39, 0.29) is 23.7 Å². The first-order valence-corrected chi connectivity index (χ1v) is 9.46. The van der Waals surface area contributed by atoms with Gasteiger partial charge in [-0.2, -0.15) is 0 Å². The highest BCUT2D eigenvalue weighted by Gasteiger charge is 2.57. The lowest BCUT2D eigenvalue weighted by Crippen LogP contribution is -2.63. The average molecular weight is 360 g/mol. The van der Waals surface area contributed by atoms with Gasteiger partial charge in [0.15, 0.2) is 0 Å². The number of fused-ring (bicyclic) bond motifs is 2. The molecule has 0 aliphatic carbocycles. The first-order chi connectivity index (χ1) is 11.9. The Labute approximate surface area is 156 Å². The predicted molar refractivity (Wildman–Crippen MR) is 102 cm³/mol. The molecule has 2 aliphatic heterocycles. The van der Waals surface area contributed by atoms with Crippen LogP contribution in [0.4, 0.5) is 4.79 Å². The molecule has 0 saturated carbocycles. The van der Waals surface area contributed by atoms with E-state index < -0.39 is 11.2 Å². The number of carbonyl (C=O) groups excluding carboxylic acids is 1. The van der Waals surface area contributed by atoms with Gasteiger partial charge in [0.25, 0.3) is 0 Å². The smallest absolute Gasteiger partial charge is 0.410 e. The molecule has 5 nitrogen and oxygen atoms in total. The van der Waals surface area contributed by atoms with Crippen LogP contribution < -0.4 is 0 Å². The molecule has 26 heavy (non-hydrogen) atoms. The molecule has 1 amide bonds. The first-order valence-electron chi connectivity index (χ1n) is 9.46. The molecule has 2 bridgehead atoms. The fourth-order valence-corrected chi connectivity index (χ4v) is 4.56. The summed E-state index contributed by atoms with van der Waals surface area (Å²) in [5, 5.41) is 11.1. The van der Waals surface area contributed by atoms with Gasteiger partial charge >= 0.3 is 6.09 Å². The summed E-state index contributed by atoms with van der Waals surface area (Å²) in [7, 11) is 0. The van der Waals surface area contributed by atoms with Gasteiger partial charge < -0.3 is 14.7 Å². The minimum Gasteiger partial charge on any atom is -0.444 e.